The first-order chi connectivity index (χ1) is 17.1. The Morgan fingerprint density at radius 3 is 2.80 bits per heavy atom. The van der Waals surface area contributed by atoms with Gasteiger partial charge in [-0.3, -0.25) is 9.36 Å². The Kier molecular flexibility index (Phi) is 5.70. The molecule has 0 amide bonds. The number of aromatic nitrogens is 3. The maximum Gasteiger partial charge on any atom is 0.297 e. The summed E-state index contributed by atoms with van der Waals surface area (Å²) < 4.78 is 19.4. The summed E-state index contributed by atoms with van der Waals surface area (Å²) in [6.07, 6.45) is 1.93. The average Bonchev–Trinajstić information content (AvgIpc) is 3.59. The number of thioether (sulfide) groups is 1. The number of ether oxygens (including phenoxy) is 1. The van der Waals surface area contributed by atoms with E-state index in [1.54, 1.807) is 4.57 Å². The molecule has 0 bridgehead atoms. The van der Waals surface area contributed by atoms with Gasteiger partial charge in [-0.25, -0.2) is 9.97 Å². The molecule has 5 aromatic rings. The Morgan fingerprint density at radius 2 is 1.97 bits per heavy atom. The molecule has 0 saturated carbocycles. The highest BCUT2D eigenvalue weighted by Gasteiger charge is 2.23. The highest BCUT2D eigenvalue weighted by Crippen LogP contribution is 2.31. The molecule has 3 aromatic heterocycles. The zero-order chi connectivity index (χ0) is 23.9. The first-order valence-corrected chi connectivity index (χ1v) is 12.8. The van der Waals surface area contributed by atoms with Crippen molar-refractivity contribution in [3.63, 3.8) is 0 Å². The topological polar surface area (TPSA) is 83.3 Å². The number of hydrogen-bond acceptors (Lipinski definition) is 7. The minimum Gasteiger partial charge on any atom is -0.448 e. The van der Waals surface area contributed by atoms with Crippen LogP contribution in [0.2, 0.25) is 0 Å². The Morgan fingerprint density at radius 1 is 1.09 bits per heavy atom. The lowest BCUT2D eigenvalue weighted by atomic mass is 10.1. The molecule has 7 nitrogen and oxygen atoms in total. The van der Waals surface area contributed by atoms with E-state index in [9.17, 15) is 4.79 Å². The summed E-state index contributed by atoms with van der Waals surface area (Å²) >= 11 is 1.48. The summed E-state index contributed by atoms with van der Waals surface area (Å²) in [5.41, 5.74) is 4.29. The fraction of sp³-hybridized carbons (Fsp3) is 0.296. The van der Waals surface area contributed by atoms with Crippen molar-refractivity contribution in [1.29, 1.82) is 0 Å². The van der Waals surface area contributed by atoms with Gasteiger partial charge in [0, 0.05) is 23.3 Å². The van der Waals surface area contributed by atoms with Crippen LogP contribution in [0.1, 0.15) is 29.9 Å². The van der Waals surface area contributed by atoms with Gasteiger partial charge in [0.15, 0.2) is 5.16 Å². The number of oxazole rings is 1. The molecule has 1 fully saturated rings. The maximum absolute atomic E-state index is 13.5. The van der Waals surface area contributed by atoms with E-state index >= 15 is 0 Å². The van der Waals surface area contributed by atoms with Crippen LogP contribution in [0.3, 0.4) is 0 Å². The largest absolute Gasteiger partial charge is 0.448 e. The van der Waals surface area contributed by atoms with Crippen molar-refractivity contribution in [3.8, 4) is 11.5 Å². The number of furan rings is 1. The average molecular weight is 488 g/mol. The Hall–Kier alpha value is -3.36. The van der Waals surface area contributed by atoms with E-state index in [2.05, 4.69) is 6.07 Å². The predicted octanol–water partition coefficient (Wildman–Crippen LogP) is 5.89. The summed E-state index contributed by atoms with van der Waals surface area (Å²) in [4.78, 5) is 23.2. The molecule has 0 aliphatic carbocycles. The quantitative estimate of drug-likeness (QED) is 0.218. The van der Waals surface area contributed by atoms with E-state index in [-0.39, 0.29) is 17.2 Å². The maximum atomic E-state index is 13.5. The molecule has 35 heavy (non-hydrogen) atoms. The van der Waals surface area contributed by atoms with Gasteiger partial charge < -0.3 is 13.6 Å². The number of aryl methyl sites for hydroxylation is 2. The molecule has 1 saturated heterocycles. The first-order valence-electron chi connectivity index (χ1n) is 11.8. The van der Waals surface area contributed by atoms with Crippen LogP contribution in [0.5, 0.6) is 0 Å². The van der Waals surface area contributed by atoms with E-state index in [1.165, 1.54) is 11.8 Å². The van der Waals surface area contributed by atoms with Crippen LogP contribution < -0.4 is 5.56 Å². The fourth-order valence-corrected chi connectivity index (χ4v) is 5.52. The summed E-state index contributed by atoms with van der Waals surface area (Å²) in [5.74, 6) is 1.89. The minimum absolute atomic E-state index is 0.00242. The van der Waals surface area contributed by atoms with E-state index < -0.39 is 0 Å². The first kappa shape index (κ1) is 22.1. The van der Waals surface area contributed by atoms with Crippen LogP contribution in [0.15, 0.2) is 67.3 Å². The van der Waals surface area contributed by atoms with Crippen LogP contribution >= 0.6 is 11.8 Å². The lowest BCUT2D eigenvalue weighted by Crippen LogP contribution is -2.28. The predicted molar refractivity (Wildman–Crippen MR) is 136 cm³/mol. The molecule has 178 valence electrons. The van der Waals surface area contributed by atoms with Crippen LogP contribution in [-0.4, -0.2) is 27.2 Å². The van der Waals surface area contributed by atoms with Crippen molar-refractivity contribution >= 4 is 33.8 Å². The SMILES string of the molecule is Cc1cccc(-c2nc(CSc3nc4c(oc5ccccc54)c(=O)n3C[C@H]3CCCO3)c(C)o2)c1. The number of hydrogen-bond donors (Lipinski definition) is 0. The highest BCUT2D eigenvalue weighted by molar-refractivity contribution is 7.98. The molecule has 0 N–H and O–H groups in total. The van der Waals surface area contributed by atoms with Gasteiger partial charge in [-0.05, 0) is 51.0 Å². The lowest BCUT2D eigenvalue weighted by molar-refractivity contribution is 0.0937. The van der Waals surface area contributed by atoms with Gasteiger partial charge in [0.25, 0.3) is 5.56 Å². The van der Waals surface area contributed by atoms with Crippen molar-refractivity contribution in [1.82, 2.24) is 14.5 Å². The summed E-state index contributed by atoms with van der Waals surface area (Å²) in [5, 5.41) is 1.47. The normalized spacial score (nSPS) is 16.0. The van der Waals surface area contributed by atoms with Gasteiger partial charge in [0.2, 0.25) is 11.5 Å². The van der Waals surface area contributed by atoms with Crippen molar-refractivity contribution in [3.05, 3.63) is 75.9 Å². The lowest BCUT2D eigenvalue weighted by Gasteiger charge is -2.15. The van der Waals surface area contributed by atoms with Gasteiger partial charge in [-0.2, -0.15) is 0 Å². The fourth-order valence-electron chi connectivity index (χ4n) is 4.51. The zero-order valence-electron chi connectivity index (χ0n) is 19.6. The second kappa shape index (κ2) is 9.02. The molecule has 0 spiro atoms. The molecule has 2 aromatic carbocycles. The number of nitrogens with zero attached hydrogens (tertiary/aromatic N) is 3. The summed E-state index contributed by atoms with van der Waals surface area (Å²) in [7, 11) is 0. The minimum atomic E-state index is -0.179. The molecule has 6 rings (SSSR count). The standard InChI is InChI=1S/C27H25N3O4S/c1-16-7-5-8-18(13-16)25-28-21(17(2)33-25)15-35-27-29-23-20-10-3-4-11-22(20)34-24(23)26(31)30(27)14-19-9-6-12-32-19/h3-5,7-8,10-11,13,19H,6,9,12,14-15H2,1-2H3/t19-/m1/s1. The van der Waals surface area contributed by atoms with E-state index in [0.717, 1.165) is 47.4 Å². The van der Waals surface area contributed by atoms with E-state index in [4.69, 9.17) is 23.5 Å². The third kappa shape index (κ3) is 4.17. The van der Waals surface area contributed by atoms with Crippen LogP contribution in [0.4, 0.5) is 0 Å². The van der Waals surface area contributed by atoms with E-state index in [0.29, 0.717) is 34.4 Å². The monoisotopic (exact) mass is 487 g/mol. The van der Waals surface area contributed by atoms with Crippen LogP contribution in [0, 0.1) is 13.8 Å². The second-order valence-electron chi connectivity index (χ2n) is 8.90. The molecular weight excluding hydrogens is 462 g/mol. The number of fused-ring (bicyclic) bond motifs is 3. The van der Waals surface area contributed by atoms with Gasteiger partial charge in [0.05, 0.1) is 18.3 Å². The van der Waals surface area contributed by atoms with Crippen LogP contribution in [-0.2, 0) is 17.0 Å². The van der Waals surface area contributed by atoms with Crippen molar-refractivity contribution < 1.29 is 13.6 Å². The molecule has 0 unspecified atom stereocenters. The second-order valence-corrected chi connectivity index (χ2v) is 9.84. The molecular formula is C27H25N3O4S. The Balaban J connectivity index is 1.38. The molecule has 0 radical (unpaired) electrons. The third-order valence-corrected chi connectivity index (χ3v) is 7.34. The number of para-hydroxylation sites is 1. The zero-order valence-corrected chi connectivity index (χ0v) is 20.4. The summed E-state index contributed by atoms with van der Waals surface area (Å²) in [6, 6.07) is 15.7. The van der Waals surface area contributed by atoms with Gasteiger partial charge in [-0.15, -0.1) is 0 Å². The highest BCUT2D eigenvalue weighted by atomic mass is 32.2. The Bertz CT molecular complexity index is 1590. The molecule has 8 heteroatoms. The molecule has 1 atom stereocenters. The summed E-state index contributed by atoms with van der Waals surface area (Å²) in [6.45, 7) is 5.14. The Labute approximate surface area is 206 Å². The van der Waals surface area contributed by atoms with Gasteiger partial charge in [0.1, 0.15) is 16.9 Å². The molecule has 4 heterocycles. The van der Waals surface area contributed by atoms with Crippen LogP contribution in [0.25, 0.3) is 33.5 Å². The van der Waals surface area contributed by atoms with E-state index in [1.807, 2.05) is 56.3 Å². The van der Waals surface area contributed by atoms with Crippen molar-refractivity contribution in [2.24, 2.45) is 0 Å². The third-order valence-electron chi connectivity index (χ3n) is 6.35. The van der Waals surface area contributed by atoms with Crippen molar-refractivity contribution in [2.45, 2.75) is 50.2 Å². The smallest absolute Gasteiger partial charge is 0.297 e. The molecule has 1 aliphatic rings. The van der Waals surface area contributed by atoms with Gasteiger partial charge >= 0.3 is 0 Å². The number of rotatable bonds is 6. The number of benzene rings is 2. The van der Waals surface area contributed by atoms with Crippen molar-refractivity contribution in [2.75, 3.05) is 6.61 Å². The molecule has 1 aliphatic heterocycles. The van der Waals surface area contributed by atoms with Gasteiger partial charge in [-0.1, -0.05) is 41.6 Å².